The van der Waals surface area contributed by atoms with Gasteiger partial charge in [-0.15, -0.1) is 0 Å². The van der Waals surface area contributed by atoms with E-state index in [1.54, 1.807) is 13.0 Å². The summed E-state index contributed by atoms with van der Waals surface area (Å²) >= 11 is 0. The number of rotatable bonds is 3. The zero-order valence-electron chi connectivity index (χ0n) is 9.11. The first-order valence-electron chi connectivity index (χ1n) is 4.98. The predicted molar refractivity (Wildman–Crippen MR) is 58.0 cm³/mol. The number of carboxylic acid groups (broad SMARTS) is 1. The monoisotopic (exact) mass is 235 g/mol. The second-order valence-corrected chi connectivity index (χ2v) is 3.71. The van der Waals surface area contributed by atoms with E-state index >= 15 is 0 Å². The molecule has 1 heterocycles. The minimum absolute atomic E-state index is 0.106. The summed E-state index contributed by atoms with van der Waals surface area (Å²) in [6.45, 7) is 1.77. The SMILES string of the molecule is Cc1cc(F)cc(-c2coc(CC(=O)O)n2)c1. The summed E-state index contributed by atoms with van der Waals surface area (Å²) in [7, 11) is 0. The fourth-order valence-electron chi connectivity index (χ4n) is 1.54. The van der Waals surface area contributed by atoms with Crippen molar-refractivity contribution < 1.29 is 18.7 Å². The first-order valence-corrected chi connectivity index (χ1v) is 4.98. The van der Waals surface area contributed by atoms with Gasteiger partial charge >= 0.3 is 5.97 Å². The zero-order chi connectivity index (χ0) is 12.4. The Hall–Kier alpha value is -2.17. The maximum atomic E-state index is 13.2. The van der Waals surface area contributed by atoms with Crippen LogP contribution < -0.4 is 0 Å². The van der Waals surface area contributed by atoms with E-state index in [9.17, 15) is 9.18 Å². The largest absolute Gasteiger partial charge is 0.481 e. The number of hydrogen-bond donors (Lipinski definition) is 1. The third-order valence-electron chi connectivity index (χ3n) is 2.19. The number of aliphatic carboxylic acids is 1. The molecule has 0 aliphatic rings. The molecule has 2 aromatic rings. The van der Waals surface area contributed by atoms with E-state index in [4.69, 9.17) is 9.52 Å². The van der Waals surface area contributed by atoms with Crippen molar-refractivity contribution in [3.05, 3.63) is 41.7 Å². The summed E-state index contributed by atoms with van der Waals surface area (Å²) in [5, 5.41) is 8.57. The minimum Gasteiger partial charge on any atom is -0.481 e. The van der Waals surface area contributed by atoms with Crippen molar-refractivity contribution in [2.75, 3.05) is 0 Å². The van der Waals surface area contributed by atoms with Crippen molar-refractivity contribution in [3.8, 4) is 11.3 Å². The van der Waals surface area contributed by atoms with E-state index in [1.165, 1.54) is 18.4 Å². The van der Waals surface area contributed by atoms with Crippen LogP contribution >= 0.6 is 0 Å². The molecular formula is C12H10FNO3. The molecule has 0 spiro atoms. The molecule has 0 aliphatic carbocycles. The van der Waals surface area contributed by atoms with Gasteiger partial charge in [0.25, 0.3) is 0 Å². The Labute approximate surface area is 96.7 Å². The van der Waals surface area contributed by atoms with Crippen LogP contribution in [0.1, 0.15) is 11.5 Å². The number of aromatic nitrogens is 1. The van der Waals surface area contributed by atoms with Crippen LogP contribution in [-0.4, -0.2) is 16.1 Å². The molecule has 0 saturated heterocycles. The maximum absolute atomic E-state index is 13.2. The van der Waals surface area contributed by atoms with E-state index in [-0.39, 0.29) is 18.1 Å². The normalized spacial score (nSPS) is 10.5. The zero-order valence-corrected chi connectivity index (χ0v) is 9.11. The summed E-state index contributed by atoms with van der Waals surface area (Å²) in [4.78, 5) is 14.5. The highest BCUT2D eigenvalue weighted by atomic mass is 19.1. The lowest BCUT2D eigenvalue weighted by atomic mass is 10.1. The molecule has 5 heteroatoms. The van der Waals surface area contributed by atoms with Gasteiger partial charge in [-0.25, -0.2) is 9.37 Å². The van der Waals surface area contributed by atoms with Crippen LogP contribution in [0.4, 0.5) is 4.39 Å². The Kier molecular flexibility index (Phi) is 2.91. The maximum Gasteiger partial charge on any atom is 0.312 e. The Morgan fingerprint density at radius 1 is 1.47 bits per heavy atom. The number of carboxylic acids is 1. The van der Waals surface area contributed by atoms with Crippen molar-refractivity contribution >= 4 is 5.97 Å². The van der Waals surface area contributed by atoms with Crippen LogP contribution in [0.25, 0.3) is 11.3 Å². The summed E-state index contributed by atoms with van der Waals surface area (Å²) in [6.07, 6.45) is 1.04. The Morgan fingerprint density at radius 3 is 2.88 bits per heavy atom. The van der Waals surface area contributed by atoms with Gasteiger partial charge in [0.15, 0.2) is 0 Å². The van der Waals surface area contributed by atoms with Gasteiger partial charge in [0.2, 0.25) is 5.89 Å². The average Bonchev–Trinajstić information content (AvgIpc) is 2.63. The Bertz CT molecular complexity index is 542. The standard InChI is InChI=1S/C12H10FNO3/c1-7-2-8(4-9(13)3-7)10-6-17-11(14-10)5-12(15)16/h2-4,6H,5H2,1H3,(H,15,16). The van der Waals surface area contributed by atoms with Crippen LogP contribution in [0.15, 0.2) is 28.9 Å². The van der Waals surface area contributed by atoms with Gasteiger partial charge in [0, 0.05) is 5.56 Å². The number of aryl methyl sites for hydroxylation is 1. The lowest BCUT2D eigenvalue weighted by molar-refractivity contribution is -0.136. The Balaban J connectivity index is 2.33. The van der Waals surface area contributed by atoms with Crippen molar-refractivity contribution in [2.24, 2.45) is 0 Å². The van der Waals surface area contributed by atoms with Crippen molar-refractivity contribution in [1.29, 1.82) is 0 Å². The van der Waals surface area contributed by atoms with E-state index in [1.807, 2.05) is 0 Å². The number of benzene rings is 1. The molecule has 88 valence electrons. The molecule has 0 aliphatic heterocycles. The van der Waals surface area contributed by atoms with Crippen molar-refractivity contribution in [2.45, 2.75) is 13.3 Å². The van der Waals surface area contributed by atoms with Crippen LogP contribution in [0.2, 0.25) is 0 Å². The molecule has 0 amide bonds. The number of carbonyl (C=O) groups is 1. The number of hydrogen-bond acceptors (Lipinski definition) is 3. The molecule has 0 atom stereocenters. The fraction of sp³-hybridized carbons (Fsp3) is 0.167. The summed E-state index contributed by atoms with van der Waals surface area (Å²) < 4.78 is 18.2. The molecule has 0 radical (unpaired) electrons. The smallest absolute Gasteiger partial charge is 0.312 e. The molecule has 0 unspecified atom stereocenters. The van der Waals surface area contributed by atoms with Gasteiger partial charge < -0.3 is 9.52 Å². The van der Waals surface area contributed by atoms with Gasteiger partial charge in [0.1, 0.15) is 24.2 Å². The fourth-order valence-corrected chi connectivity index (χ4v) is 1.54. The lowest BCUT2D eigenvalue weighted by Gasteiger charge is -1.98. The summed E-state index contributed by atoms with van der Waals surface area (Å²) in [5.41, 5.74) is 1.77. The number of oxazole rings is 1. The quantitative estimate of drug-likeness (QED) is 0.887. The van der Waals surface area contributed by atoms with Crippen molar-refractivity contribution in [3.63, 3.8) is 0 Å². The summed E-state index contributed by atoms with van der Waals surface area (Å²) in [5.74, 6) is -1.27. The second-order valence-electron chi connectivity index (χ2n) is 3.71. The van der Waals surface area contributed by atoms with Gasteiger partial charge in [0.05, 0.1) is 0 Å². The van der Waals surface area contributed by atoms with Gasteiger partial charge in [-0.05, 0) is 30.7 Å². The van der Waals surface area contributed by atoms with E-state index in [2.05, 4.69) is 4.98 Å². The van der Waals surface area contributed by atoms with Gasteiger partial charge in [-0.2, -0.15) is 0 Å². The molecule has 0 saturated carbocycles. The van der Waals surface area contributed by atoms with E-state index < -0.39 is 5.97 Å². The predicted octanol–water partition coefficient (Wildman–Crippen LogP) is 2.42. The first kappa shape index (κ1) is 11.3. The third kappa shape index (κ3) is 2.69. The second kappa shape index (κ2) is 4.37. The molecule has 0 bridgehead atoms. The minimum atomic E-state index is -1.02. The molecular weight excluding hydrogens is 225 g/mol. The molecule has 1 N–H and O–H groups in total. The van der Waals surface area contributed by atoms with Crippen molar-refractivity contribution in [1.82, 2.24) is 4.98 Å². The summed E-state index contributed by atoms with van der Waals surface area (Å²) in [6, 6.07) is 4.49. The van der Waals surface area contributed by atoms with Crippen LogP contribution in [0, 0.1) is 12.7 Å². The van der Waals surface area contributed by atoms with E-state index in [0.717, 1.165) is 5.56 Å². The third-order valence-corrected chi connectivity index (χ3v) is 2.19. The molecule has 0 fully saturated rings. The first-order chi connectivity index (χ1) is 8.04. The highest BCUT2D eigenvalue weighted by Gasteiger charge is 2.10. The number of halogens is 1. The molecule has 1 aromatic carbocycles. The van der Waals surface area contributed by atoms with Crippen LogP contribution in [0.3, 0.4) is 0 Å². The number of nitrogens with zero attached hydrogens (tertiary/aromatic N) is 1. The molecule has 1 aromatic heterocycles. The Morgan fingerprint density at radius 2 is 2.24 bits per heavy atom. The van der Waals surface area contributed by atoms with Gasteiger partial charge in [-0.3, -0.25) is 4.79 Å². The topological polar surface area (TPSA) is 63.3 Å². The average molecular weight is 235 g/mol. The van der Waals surface area contributed by atoms with Crippen LogP contribution in [0.5, 0.6) is 0 Å². The molecule has 4 nitrogen and oxygen atoms in total. The van der Waals surface area contributed by atoms with E-state index in [0.29, 0.717) is 11.3 Å². The highest BCUT2D eigenvalue weighted by molar-refractivity contribution is 5.69. The highest BCUT2D eigenvalue weighted by Crippen LogP contribution is 2.21. The van der Waals surface area contributed by atoms with Gasteiger partial charge in [-0.1, -0.05) is 0 Å². The molecule has 17 heavy (non-hydrogen) atoms. The lowest BCUT2D eigenvalue weighted by Crippen LogP contribution is -1.99. The molecule has 2 rings (SSSR count). The van der Waals surface area contributed by atoms with Crippen LogP contribution in [-0.2, 0) is 11.2 Å².